The zero-order chi connectivity index (χ0) is 22.7. The molecule has 3 aromatic rings. The lowest BCUT2D eigenvalue weighted by molar-refractivity contribution is -0.121. The number of rotatable bonds is 4. The average Bonchev–Trinajstić information content (AvgIpc) is 3.05. The number of anilines is 2. The maximum Gasteiger partial charge on any atom is 0.296 e. The Bertz CT molecular complexity index is 1370. The van der Waals surface area contributed by atoms with Gasteiger partial charge in [-0.25, -0.2) is 13.1 Å². The molecule has 1 N–H and O–H groups in total. The molecule has 2 aromatic carbocycles. The van der Waals surface area contributed by atoms with Crippen LogP contribution in [0, 0.1) is 6.92 Å². The van der Waals surface area contributed by atoms with Gasteiger partial charge in [-0.1, -0.05) is 18.2 Å². The van der Waals surface area contributed by atoms with Crippen molar-refractivity contribution in [3.05, 3.63) is 70.1 Å². The van der Waals surface area contributed by atoms with Crippen LogP contribution in [0.3, 0.4) is 0 Å². The summed E-state index contributed by atoms with van der Waals surface area (Å²) >= 11 is 0. The molecule has 1 aromatic heterocycles. The number of amides is 1. The molecule has 1 aliphatic rings. The number of para-hydroxylation sites is 1. The Morgan fingerprint density at radius 2 is 1.61 bits per heavy atom. The van der Waals surface area contributed by atoms with Gasteiger partial charge >= 0.3 is 0 Å². The van der Waals surface area contributed by atoms with Gasteiger partial charge in [0.05, 0.1) is 21.7 Å². The molecule has 0 fully saturated rings. The van der Waals surface area contributed by atoms with Gasteiger partial charge in [0.1, 0.15) is 5.69 Å². The van der Waals surface area contributed by atoms with Crippen LogP contribution in [0.15, 0.2) is 58.2 Å². The highest BCUT2D eigenvalue weighted by molar-refractivity contribution is 7.92. The van der Waals surface area contributed by atoms with E-state index in [-0.39, 0.29) is 16.5 Å². The van der Waals surface area contributed by atoms with Crippen LogP contribution in [0.4, 0.5) is 11.4 Å². The lowest BCUT2D eigenvalue weighted by Gasteiger charge is -2.16. The third kappa shape index (κ3) is 3.07. The zero-order valence-corrected chi connectivity index (χ0v) is 18.8. The van der Waals surface area contributed by atoms with Crippen LogP contribution in [0.1, 0.15) is 25.1 Å². The summed E-state index contributed by atoms with van der Waals surface area (Å²) in [4.78, 5) is 27.1. The molecule has 9 heteroatoms. The van der Waals surface area contributed by atoms with E-state index in [0.29, 0.717) is 22.6 Å². The Morgan fingerprint density at radius 3 is 2.26 bits per heavy atom. The highest BCUT2D eigenvalue weighted by atomic mass is 32.2. The molecule has 1 amide bonds. The van der Waals surface area contributed by atoms with Crippen LogP contribution in [-0.4, -0.2) is 30.7 Å². The van der Waals surface area contributed by atoms with E-state index in [0.717, 1.165) is 0 Å². The smallest absolute Gasteiger partial charge is 0.296 e. The van der Waals surface area contributed by atoms with Crippen molar-refractivity contribution in [1.82, 2.24) is 9.36 Å². The number of fused-ring (bicyclic) bond motifs is 1. The van der Waals surface area contributed by atoms with Crippen LogP contribution in [0.2, 0.25) is 0 Å². The fraction of sp³-hybridized carbons (Fsp3) is 0.273. The maximum absolute atomic E-state index is 13.2. The summed E-state index contributed by atoms with van der Waals surface area (Å²) in [7, 11) is -0.693. The maximum atomic E-state index is 13.2. The molecule has 0 atom stereocenters. The van der Waals surface area contributed by atoms with Crippen molar-refractivity contribution in [1.29, 1.82) is 0 Å². The van der Waals surface area contributed by atoms with Gasteiger partial charge in [0.2, 0.25) is 5.91 Å². The second kappa shape index (κ2) is 6.84. The molecule has 162 valence electrons. The first-order valence-corrected chi connectivity index (χ1v) is 11.2. The van der Waals surface area contributed by atoms with Crippen molar-refractivity contribution in [2.24, 2.45) is 7.05 Å². The summed E-state index contributed by atoms with van der Waals surface area (Å²) < 4.78 is 31.8. The van der Waals surface area contributed by atoms with Crippen LogP contribution >= 0.6 is 0 Å². The van der Waals surface area contributed by atoms with E-state index in [1.54, 1.807) is 69.9 Å². The second-order valence-corrected chi connectivity index (χ2v) is 9.89. The van der Waals surface area contributed by atoms with E-state index in [9.17, 15) is 18.0 Å². The van der Waals surface area contributed by atoms with Crippen molar-refractivity contribution in [2.75, 3.05) is 16.7 Å². The molecular weight excluding hydrogens is 416 g/mol. The number of carbonyl (C=O) groups is 1. The highest BCUT2D eigenvalue weighted by Gasteiger charge is 2.42. The van der Waals surface area contributed by atoms with Crippen molar-refractivity contribution in [3.63, 3.8) is 0 Å². The molecule has 0 spiro atoms. The molecule has 0 radical (unpaired) electrons. The minimum absolute atomic E-state index is 0.00339. The van der Waals surface area contributed by atoms with Crippen LogP contribution in [0.25, 0.3) is 5.69 Å². The number of nitrogens with one attached hydrogen (secondary N) is 1. The Kier molecular flexibility index (Phi) is 4.62. The molecule has 31 heavy (non-hydrogen) atoms. The molecule has 4 rings (SSSR count). The Balaban J connectivity index is 1.78. The third-order valence-corrected chi connectivity index (χ3v) is 7.29. The van der Waals surface area contributed by atoms with Gasteiger partial charge in [0, 0.05) is 19.8 Å². The highest BCUT2D eigenvalue weighted by Crippen LogP contribution is 2.41. The molecule has 0 bridgehead atoms. The van der Waals surface area contributed by atoms with Crippen molar-refractivity contribution in [3.8, 4) is 5.69 Å². The Morgan fingerprint density at radius 1 is 0.968 bits per heavy atom. The summed E-state index contributed by atoms with van der Waals surface area (Å²) in [5.74, 6) is -0.102. The zero-order valence-electron chi connectivity index (χ0n) is 18.0. The number of likely N-dealkylation sites (N-methyl/N-ethyl adjacent to an activating group) is 1. The Labute approximate surface area is 180 Å². The van der Waals surface area contributed by atoms with E-state index in [1.165, 1.54) is 21.7 Å². The summed E-state index contributed by atoms with van der Waals surface area (Å²) in [5.41, 5.74) is 1.10. The molecule has 0 saturated heterocycles. The van der Waals surface area contributed by atoms with E-state index in [2.05, 4.69) is 4.72 Å². The lowest BCUT2D eigenvalue weighted by Crippen LogP contribution is -2.33. The molecular formula is C22H24N4O4S. The number of nitrogens with zero attached hydrogens (tertiary/aromatic N) is 3. The van der Waals surface area contributed by atoms with Crippen LogP contribution in [-0.2, 0) is 27.3 Å². The summed E-state index contributed by atoms with van der Waals surface area (Å²) in [6.45, 7) is 5.21. The number of benzene rings is 2. The lowest BCUT2D eigenvalue weighted by atomic mass is 9.86. The summed E-state index contributed by atoms with van der Waals surface area (Å²) in [6.07, 6.45) is 0. The fourth-order valence-electron chi connectivity index (χ4n) is 4.00. The van der Waals surface area contributed by atoms with Crippen LogP contribution in [0.5, 0.6) is 0 Å². The monoisotopic (exact) mass is 440 g/mol. The predicted octanol–water partition coefficient (Wildman–Crippen LogP) is 2.54. The normalized spacial score (nSPS) is 15.3. The predicted molar refractivity (Wildman–Crippen MR) is 119 cm³/mol. The van der Waals surface area contributed by atoms with Gasteiger partial charge in [-0.15, -0.1) is 0 Å². The van der Waals surface area contributed by atoms with Gasteiger partial charge < -0.3 is 4.90 Å². The quantitative estimate of drug-likeness (QED) is 0.675. The first-order chi connectivity index (χ1) is 14.5. The van der Waals surface area contributed by atoms with E-state index in [1.807, 2.05) is 6.07 Å². The van der Waals surface area contributed by atoms with Crippen molar-refractivity contribution in [2.45, 2.75) is 31.1 Å². The largest absolute Gasteiger partial charge is 0.314 e. The first-order valence-electron chi connectivity index (χ1n) is 9.76. The number of carbonyl (C=O) groups excluding carboxylic acids is 1. The van der Waals surface area contributed by atoms with Crippen LogP contribution < -0.4 is 15.2 Å². The van der Waals surface area contributed by atoms with E-state index >= 15 is 0 Å². The number of sulfonamides is 1. The van der Waals surface area contributed by atoms with E-state index in [4.69, 9.17) is 0 Å². The van der Waals surface area contributed by atoms with Gasteiger partial charge in [0.15, 0.2) is 0 Å². The second-order valence-electron chi connectivity index (χ2n) is 8.21. The van der Waals surface area contributed by atoms with Gasteiger partial charge in [0.25, 0.3) is 15.6 Å². The van der Waals surface area contributed by atoms with E-state index < -0.39 is 21.0 Å². The average molecular weight is 441 g/mol. The van der Waals surface area contributed by atoms with Gasteiger partial charge in [-0.3, -0.25) is 19.0 Å². The molecule has 8 nitrogen and oxygen atoms in total. The number of hydrogen-bond acceptors (Lipinski definition) is 4. The minimum atomic E-state index is -4.06. The SMILES string of the molecule is Cc1c(NS(=O)(=O)c2ccc3c(c2)C(C)(C)C(=O)N3C)c(=O)n(-c2ccccc2)n1C. The molecule has 0 saturated carbocycles. The Hall–Kier alpha value is -3.33. The molecule has 0 unspecified atom stereocenters. The fourth-order valence-corrected chi connectivity index (χ4v) is 5.14. The minimum Gasteiger partial charge on any atom is -0.314 e. The number of hydrogen-bond donors (Lipinski definition) is 1. The third-order valence-electron chi connectivity index (χ3n) is 5.94. The molecule has 1 aliphatic heterocycles. The topological polar surface area (TPSA) is 93.4 Å². The summed E-state index contributed by atoms with van der Waals surface area (Å²) in [5, 5.41) is 0. The standard InChI is InChI=1S/C22H24N4O4S/c1-14-19(20(27)26(25(14)5)15-9-7-6-8-10-15)23-31(29,30)16-11-12-18-17(13-16)22(2,3)21(28)24(18)4/h6-13,23H,1-5H3. The van der Waals surface area contributed by atoms with Gasteiger partial charge in [-0.05, 0) is 56.7 Å². The molecule has 0 aliphatic carbocycles. The van der Waals surface area contributed by atoms with Crippen molar-refractivity contribution >= 4 is 27.3 Å². The summed E-state index contributed by atoms with van der Waals surface area (Å²) in [6, 6.07) is 13.6. The van der Waals surface area contributed by atoms with Crippen molar-refractivity contribution < 1.29 is 13.2 Å². The first kappa shape index (κ1) is 20.9. The molecule has 2 heterocycles. The van der Waals surface area contributed by atoms with Gasteiger partial charge in [-0.2, -0.15) is 0 Å². The number of aromatic nitrogens is 2.